The number of para-hydroxylation sites is 1. The summed E-state index contributed by atoms with van der Waals surface area (Å²) in [6.45, 7) is 6.09. The summed E-state index contributed by atoms with van der Waals surface area (Å²) in [6, 6.07) is 10.1. The molecule has 2 aromatic rings. The van der Waals surface area contributed by atoms with Crippen molar-refractivity contribution >= 4 is 10.9 Å². The van der Waals surface area contributed by atoms with Gasteiger partial charge in [-0.05, 0) is 38.1 Å². The molecule has 0 radical (unpaired) electrons. The number of aromatic nitrogens is 1. The summed E-state index contributed by atoms with van der Waals surface area (Å²) in [5.41, 5.74) is 0.966. The summed E-state index contributed by atoms with van der Waals surface area (Å²) in [7, 11) is 0. The van der Waals surface area contributed by atoms with Crippen LogP contribution in [0.2, 0.25) is 0 Å². The predicted molar refractivity (Wildman–Crippen MR) is 79.6 cm³/mol. The topological polar surface area (TPSA) is 34.1 Å². The highest BCUT2D eigenvalue weighted by Crippen LogP contribution is 2.25. The summed E-state index contributed by atoms with van der Waals surface area (Å²) >= 11 is 0. The predicted octanol–water partition coefficient (Wildman–Crippen LogP) is 3.39. The molecule has 0 saturated carbocycles. The van der Waals surface area contributed by atoms with Gasteiger partial charge in [-0.25, -0.2) is 0 Å². The highest BCUT2D eigenvalue weighted by Gasteiger charge is 2.15. The molecular formula is C16H22N2O. The highest BCUT2D eigenvalue weighted by atomic mass is 16.5. The summed E-state index contributed by atoms with van der Waals surface area (Å²) < 4.78 is 6.07. The lowest BCUT2D eigenvalue weighted by Gasteiger charge is -2.24. The van der Waals surface area contributed by atoms with Crippen molar-refractivity contribution in [1.82, 2.24) is 10.3 Å². The van der Waals surface area contributed by atoms with Crippen LogP contribution < -0.4 is 10.1 Å². The van der Waals surface area contributed by atoms with E-state index in [9.17, 15) is 0 Å². The Hall–Kier alpha value is -1.61. The lowest BCUT2D eigenvalue weighted by Crippen LogP contribution is -2.34. The van der Waals surface area contributed by atoms with Gasteiger partial charge < -0.3 is 10.1 Å². The Morgan fingerprint density at radius 2 is 1.84 bits per heavy atom. The second kappa shape index (κ2) is 7.10. The van der Waals surface area contributed by atoms with Crippen molar-refractivity contribution in [3.05, 3.63) is 36.5 Å². The quantitative estimate of drug-likeness (QED) is 0.896. The van der Waals surface area contributed by atoms with Gasteiger partial charge in [0.05, 0.1) is 0 Å². The summed E-state index contributed by atoms with van der Waals surface area (Å²) in [6.07, 6.45) is 4.29. The van der Waals surface area contributed by atoms with Crippen LogP contribution in [0.4, 0.5) is 0 Å². The summed E-state index contributed by atoms with van der Waals surface area (Å²) in [5, 5.41) is 4.48. The number of nitrogens with zero attached hydrogens (tertiary/aromatic N) is 1. The minimum Gasteiger partial charge on any atom is -0.488 e. The van der Waals surface area contributed by atoms with Crippen LogP contribution in [-0.4, -0.2) is 24.2 Å². The van der Waals surface area contributed by atoms with Crippen molar-refractivity contribution in [1.29, 1.82) is 0 Å². The largest absolute Gasteiger partial charge is 0.488 e. The van der Waals surface area contributed by atoms with E-state index in [2.05, 4.69) is 22.4 Å². The molecule has 0 atom stereocenters. The number of pyridine rings is 1. The average Bonchev–Trinajstić information content (AvgIpc) is 2.51. The van der Waals surface area contributed by atoms with Crippen LogP contribution in [0.3, 0.4) is 0 Å². The van der Waals surface area contributed by atoms with Crippen molar-refractivity contribution in [2.45, 2.75) is 32.8 Å². The number of fused-ring (bicyclic) bond motifs is 1. The fraction of sp³-hybridized carbons (Fsp3) is 0.438. The third-order valence-electron chi connectivity index (χ3n) is 3.18. The normalized spacial score (nSPS) is 15.7. The first-order valence-corrected chi connectivity index (χ1v) is 7.14. The van der Waals surface area contributed by atoms with Gasteiger partial charge in [-0.3, -0.25) is 4.98 Å². The van der Waals surface area contributed by atoms with Crippen LogP contribution >= 0.6 is 0 Å². The molecule has 3 rings (SSSR count). The van der Waals surface area contributed by atoms with Gasteiger partial charge in [0.25, 0.3) is 0 Å². The van der Waals surface area contributed by atoms with Crippen molar-refractivity contribution in [3.8, 4) is 5.75 Å². The van der Waals surface area contributed by atoms with Crippen molar-refractivity contribution in [3.63, 3.8) is 0 Å². The SMILES string of the molecule is CC.c1cnc2c(OC3CCNCC3)cccc2c1. The standard InChI is InChI=1S/C14H16N2O.C2H6/c1-3-11-4-2-8-16-14(11)13(5-1)17-12-6-9-15-10-7-12;1-2/h1-5,8,12,15H,6-7,9-10H2;1-2H3. The molecule has 0 amide bonds. The number of nitrogens with one attached hydrogen (secondary N) is 1. The molecule has 1 aromatic carbocycles. The number of benzene rings is 1. The Morgan fingerprint density at radius 3 is 2.63 bits per heavy atom. The van der Waals surface area contributed by atoms with Gasteiger partial charge >= 0.3 is 0 Å². The maximum absolute atomic E-state index is 6.07. The van der Waals surface area contributed by atoms with E-state index in [1.54, 1.807) is 0 Å². The molecule has 0 bridgehead atoms. The minimum atomic E-state index is 0.323. The molecule has 19 heavy (non-hydrogen) atoms. The van der Waals surface area contributed by atoms with E-state index in [0.717, 1.165) is 42.6 Å². The zero-order valence-corrected chi connectivity index (χ0v) is 11.7. The van der Waals surface area contributed by atoms with E-state index in [1.807, 2.05) is 38.2 Å². The molecule has 3 heteroatoms. The van der Waals surface area contributed by atoms with Crippen LogP contribution in [0.1, 0.15) is 26.7 Å². The number of ether oxygens (including phenoxy) is 1. The highest BCUT2D eigenvalue weighted by molar-refractivity contribution is 5.84. The monoisotopic (exact) mass is 258 g/mol. The fourth-order valence-corrected chi connectivity index (χ4v) is 2.26. The van der Waals surface area contributed by atoms with E-state index < -0.39 is 0 Å². The Kier molecular flexibility index (Phi) is 5.16. The van der Waals surface area contributed by atoms with Crippen LogP contribution in [0.15, 0.2) is 36.5 Å². The van der Waals surface area contributed by atoms with Gasteiger partial charge in [0.1, 0.15) is 17.4 Å². The van der Waals surface area contributed by atoms with Crippen LogP contribution in [0.5, 0.6) is 5.75 Å². The first kappa shape index (κ1) is 13.8. The average molecular weight is 258 g/mol. The molecular weight excluding hydrogens is 236 g/mol. The van der Waals surface area contributed by atoms with E-state index in [0.29, 0.717) is 6.10 Å². The molecule has 1 saturated heterocycles. The molecule has 102 valence electrons. The lowest BCUT2D eigenvalue weighted by molar-refractivity contribution is 0.164. The second-order valence-corrected chi connectivity index (χ2v) is 4.40. The Bertz CT molecular complexity index is 502. The Labute approximate surface area is 115 Å². The molecule has 0 unspecified atom stereocenters. The van der Waals surface area contributed by atoms with E-state index in [-0.39, 0.29) is 0 Å². The first-order valence-electron chi connectivity index (χ1n) is 7.14. The molecule has 0 aliphatic carbocycles. The minimum absolute atomic E-state index is 0.323. The maximum atomic E-state index is 6.07. The van der Waals surface area contributed by atoms with Crippen LogP contribution in [0, 0.1) is 0 Å². The van der Waals surface area contributed by atoms with E-state index in [4.69, 9.17) is 4.74 Å². The fourth-order valence-electron chi connectivity index (χ4n) is 2.26. The molecule has 1 aromatic heterocycles. The van der Waals surface area contributed by atoms with E-state index in [1.165, 1.54) is 0 Å². The zero-order chi connectivity index (χ0) is 13.5. The van der Waals surface area contributed by atoms with Gasteiger partial charge in [0.15, 0.2) is 0 Å². The summed E-state index contributed by atoms with van der Waals surface area (Å²) in [5.74, 6) is 0.912. The van der Waals surface area contributed by atoms with Gasteiger partial charge in [0.2, 0.25) is 0 Å². The molecule has 1 aliphatic rings. The number of hydrogen-bond donors (Lipinski definition) is 1. The Balaban J connectivity index is 0.000000637. The van der Waals surface area contributed by atoms with Gasteiger partial charge in [-0.1, -0.05) is 32.0 Å². The first-order chi connectivity index (χ1) is 9.43. The smallest absolute Gasteiger partial charge is 0.145 e. The van der Waals surface area contributed by atoms with Crippen LogP contribution in [-0.2, 0) is 0 Å². The molecule has 1 aliphatic heterocycles. The van der Waals surface area contributed by atoms with Crippen molar-refractivity contribution in [2.75, 3.05) is 13.1 Å². The molecule has 3 nitrogen and oxygen atoms in total. The van der Waals surface area contributed by atoms with Gasteiger partial charge in [-0.2, -0.15) is 0 Å². The van der Waals surface area contributed by atoms with Gasteiger partial charge in [0, 0.05) is 11.6 Å². The maximum Gasteiger partial charge on any atom is 0.145 e. The molecule has 2 heterocycles. The van der Waals surface area contributed by atoms with E-state index >= 15 is 0 Å². The third-order valence-corrected chi connectivity index (χ3v) is 3.18. The zero-order valence-electron chi connectivity index (χ0n) is 11.7. The number of rotatable bonds is 2. The number of hydrogen-bond acceptors (Lipinski definition) is 3. The van der Waals surface area contributed by atoms with Crippen molar-refractivity contribution < 1.29 is 4.74 Å². The molecule has 1 fully saturated rings. The Morgan fingerprint density at radius 1 is 1.11 bits per heavy atom. The number of piperidine rings is 1. The molecule has 0 spiro atoms. The van der Waals surface area contributed by atoms with Gasteiger partial charge in [-0.15, -0.1) is 0 Å². The molecule has 1 N–H and O–H groups in total. The van der Waals surface area contributed by atoms with Crippen LogP contribution in [0.25, 0.3) is 10.9 Å². The summed E-state index contributed by atoms with van der Waals surface area (Å²) in [4.78, 5) is 4.41. The second-order valence-electron chi connectivity index (χ2n) is 4.40. The lowest BCUT2D eigenvalue weighted by atomic mass is 10.1. The van der Waals surface area contributed by atoms with Crippen molar-refractivity contribution in [2.24, 2.45) is 0 Å². The third kappa shape index (κ3) is 3.44.